The molecule has 3 amide bonds. The van der Waals surface area contributed by atoms with E-state index in [1.54, 1.807) is 13.8 Å². The van der Waals surface area contributed by atoms with Crippen molar-refractivity contribution in [2.75, 3.05) is 19.7 Å². The number of carbonyl (C=O) groups is 4. The number of guanidine groups is 1. The van der Waals surface area contributed by atoms with Crippen molar-refractivity contribution in [3.05, 3.63) is 0 Å². The van der Waals surface area contributed by atoms with E-state index in [0.29, 0.717) is 12.8 Å². The number of nitrogens with two attached hydrogens (primary N) is 3. The number of phosphoric acid groups is 1. The van der Waals surface area contributed by atoms with E-state index in [-0.39, 0.29) is 31.9 Å². The number of nitrogens with one attached hydrogen (secondary N) is 2. The molecule has 1 rings (SSSR count). The van der Waals surface area contributed by atoms with Crippen LogP contribution in [0.15, 0.2) is 4.99 Å². The highest BCUT2D eigenvalue weighted by atomic mass is 31.2. The fourth-order valence-electron chi connectivity index (χ4n) is 3.56. The van der Waals surface area contributed by atoms with Crippen LogP contribution in [-0.4, -0.2) is 93.3 Å². The summed E-state index contributed by atoms with van der Waals surface area (Å²) < 4.78 is 15.1. The number of aliphatic carboxylic acids is 1. The van der Waals surface area contributed by atoms with E-state index in [9.17, 15) is 28.8 Å². The summed E-state index contributed by atoms with van der Waals surface area (Å²) in [6, 6.07) is -4.77. The van der Waals surface area contributed by atoms with Crippen molar-refractivity contribution in [1.29, 1.82) is 0 Å². The number of phosphoric ester groups is 1. The summed E-state index contributed by atoms with van der Waals surface area (Å²) in [7, 11) is -4.85. The smallest absolute Gasteiger partial charge is 0.469 e. The predicted octanol–water partition coefficient (Wildman–Crippen LogP) is -2.82. The number of hydrogen-bond acceptors (Lipinski definition) is 8. The van der Waals surface area contributed by atoms with Crippen LogP contribution in [0.2, 0.25) is 0 Å². The molecule has 0 unspecified atom stereocenters. The Hall–Kier alpha value is -2.78. The van der Waals surface area contributed by atoms with E-state index in [1.807, 2.05) is 0 Å². The Kier molecular flexibility index (Phi) is 12.2. The molecule has 4 atom stereocenters. The van der Waals surface area contributed by atoms with E-state index < -0.39 is 68.2 Å². The topological polar surface area (TPSA) is 273 Å². The van der Waals surface area contributed by atoms with Crippen molar-refractivity contribution in [3.8, 4) is 0 Å². The van der Waals surface area contributed by atoms with Gasteiger partial charge in [0.25, 0.3) is 0 Å². The van der Waals surface area contributed by atoms with Gasteiger partial charge in [-0.2, -0.15) is 0 Å². The quantitative estimate of drug-likeness (QED) is 0.0482. The number of likely N-dealkylation sites (tertiary alicyclic amines) is 1. The number of rotatable bonds is 14. The lowest BCUT2D eigenvalue weighted by Crippen LogP contribution is -2.58. The van der Waals surface area contributed by atoms with E-state index in [0.717, 1.165) is 0 Å². The van der Waals surface area contributed by atoms with Crippen LogP contribution >= 0.6 is 7.82 Å². The second-order valence-corrected chi connectivity index (χ2v) is 9.90. The summed E-state index contributed by atoms with van der Waals surface area (Å²) in [6.07, 6.45) is 1.17. The van der Waals surface area contributed by atoms with Gasteiger partial charge in [-0.1, -0.05) is 13.8 Å². The monoisotopic (exact) mass is 537 g/mol. The predicted molar refractivity (Wildman–Crippen MR) is 127 cm³/mol. The van der Waals surface area contributed by atoms with E-state index in [1.165, 1.54) is 4.90 Å². The molecule has 0 spiro atoms. The molecule has 17 heteroatoms. The van der Waals surface area contributed by atoms with Crippen molar-refractivity contribution >= 4 is 37.5 Å². The Bertz CT molecular complexity index is 875. The van der Waals surface area contributed by atoms with Crippen LogP contribution < -0.4 is 27.8 Å². The molecule has 16 nitrogen and oxygen atoms in total. The molecule has 0 aromatic carbocycles. The van der Waals surface area contributed by atoms with Crippen molar-refractivity contribution in [2.45, 2.75) is 63.7 Å². The molecule has 1 saturated heterocycles. The van der Waals surface area contributed by atoms with Crippen LogP contribution in [0.5, 0.6) is 0 Å². The maximum Gasteiger partial charge on any atom is 0.469 e. The highest BCUT2D eigenvalue weighted by Crippen LogP contribution is 2.35. The summed E-state index contributed by atoms with van der Waals surface area (Å²) in [5, 5.41) is 14.4. The summed E-state index contributed by atoms with van der Waals surface area (Å²) in [4.78, 5) is 72.7. The van der Waals surface area contributed by atoms with Crippen molar-refractivity contribution in [2.24, 2.45) is 28.1 Å². The molecule has 1 aliphatic heterocycles. The van der Waals surface area contributed by atoms with Gasteiger partial charge in [-0.25, -0.2) is 9.36 Å². The standard InChI is InChI=1S/C19H36N7O9P/c1-10(2)14(25-15(27)11(20)9-35-36(32,33)34)16(28)24-12(5-3-7-23-19(21)22)17(29)26-8-4-6-13(26)18(30)31/h10-14H,3-9,20H2,1-2H3,(H,24,28)(H,25,27)(H,30,31)(H4,21,22,23)(H2,32,33,34)/t11-,12-,13-,14-/m0/s1. The number of hydrogen-bond donors (Lipinski definition) is 8. The van der Waals surface area contributed by atoms with Crippen LogP contribution in [0.1, 0.15) is 39.5 Å². The Morgan fingerprint density at radius 2 is 1.81 bits per heavy atom. The van der Waals surface area contributed by atoms with E-state index in [2.05, 4.69) is 20.1 Å². The molecular weight excluding hydrogens is 501 g/mol. The normalized spacial score (nSPS) is 18.3. The van der Waals surface area contributed by atoms with Crippen LogP contribution in [0.25, 0.3) is 0 Å². The Balaban J connectivity index is 2.98. The van der Waals surface area contributed by atoms with Gasteiger partial charge >= 0.3 is 13.8 Å². The average molecular weight is 538 g/mol. The van der Waals surface area contributed by atoms with E-state index >= 15 is 0 Å². The molecule has 11 N–H and O–H groups in total. The molecule has 0 aromatic rings. The van der Waals surface area contributed by atoms with Gasteiger partial charge in [-0.15, -0.1) is 0 Å². The first kappa shape index (κ1) is 31.3. The first-order chi connectivity index (χ1) is 16.6. The van der Waals surface area contributed by atoms with Crippen molar-refractivity contribution in [1.82, 2.24) is 15.5 Å². The van der Waals surface area contributed by atoms with Crippen molar-refractivity contribution in [3.63, 3.8) is 0 Å². The number of carboxylic acids is 1. The van der Waals surface area contributed by atoms with Gasteiger partial charge in [0.1, 0.15) is 24.2 Å². The van der Waals surface area contributed by atoms with Gasteiger partial charge in [0, 0.05) is 13.1 Å². The van der Waals surface area contributed by atoms with Gasteiger partial charge in [-0.3, -0.25) is 23.9 Å². The number of amides is 3. The van der Waals surface area contributed by atoms with Crippen LogP contribution in [-0.2, 0) is 28.3 Å². The molecule has 0 bridgehead atoms. The minimum absolute atomic E-state index is 0.0958. The molecule has 0 aliphatic carbocycles. The fourth-order valence-corrected chi connectivity index (χ4v) is 3.91. The fraction of sp³-hybridized carbons (Fsp3) is 0.737. The second kappa shape index (κ2) is 14.1. The molecule has 36 heavy (non-hydrogen) atoms. The summed E-state index contributed by atoms with van der Waals surface area (Å²) in [5.41, 5.74) is 16.2. The number of aliphatic imine (C=N–C) groups is 1. The van der Waals surface area contributed by atoms with Gasteiger partial charge in [0.2, 0.25) is 17.7 Å². The Labute approximate surface area is 208 Å². The van der Waals surface area contributed by atoms with Gasteiger partial charge in [0.15, 0.2) is 5.96 Å². The first-order valence-electron chi connectivity index (χ1n) is 11.3. The average Bonchev–Trinajstić information content (AvgIpc) is 3.26. The Morgan fingerprint density at radius 3 is 2.33 bits per heavy atom. The van der Waals surface area contributed by atoms with Gasteiger partial charge in [-0.05, 0) is 31.6 Å². The first-order valence-corrected chi connectivity index (χ1v) is 12.8. The number of carbonyl (C=O) groups excluding carboxylic acids is 3. The third kappa shape index (κ3) is 10.5. The molecule has 1 aliphatic rings. The highest BCUT2D eigenvalue weighted by molar-refractivity contribution is 7.46. The maximum atomic E-state index is 13.2. The largest absolute Gasteiger partial charge is 0.480 e. The van der Waals surface area contributed by atoms with Gasteiger partial charge < -0.3 is 47.6 Å². The lowest BCUT2D eigenvalue weighted by Gasteiger charge is -2.30. The minimum Gasteiger partial charge on any atom is -0.480 e. The molecule has 206 valence electrons. The van der Waals surface area contributed by atoms with Crippen LogP contribution in [0.3, 0.4) is 0 Å². The molecule has 0 saturated carbocycles. The lowest BCUT2D eigenvalue weighted by atomic mass is 10.0. The molecule has 0 aromatic heterocycles. The SMILES string of the molecule is CC(C)[C@H](NC(=O)[C@@H](N)COP(=O)(O)O)C(=O)N[C@@H](CCCN=C(N)N)C(=O)N1CCC[C@H]1C(=O)O. The summed E-state index contributed by atoms with van der Waals surface area (Å²) in [5.74, 6) is -3.98. The zero-order valence-electron chi connectivity index (χ0n) is 20.2. The molecule has 1 fully saturated rings. The number of carboxylic acid groups (broad SMARTS) is 1. The zero-order chi connectivity index (χ0) is 27.6. The van der Waals surface area contributed by atoms with E-state index in [4.69, 9.17) is 27.0 Å². The van der Waals surface area contributed by atoms with Crippen LogP contribution in [0, 0.1) is 5.92 Å². The summed E-state index contributed by atoms with van der Waals surface area (Å²) in [6.45, 7) is 2.84. The maximum absolute atomic E-state index is 13.2. The Morgan fingerprint density at radius 1 is 1.17 bits per heavy atom. The zero-order valence-corrected chi connectivity index (χ0v) is 21.1. The summed E-state index contributed by atoms with van der Waals surface area (Å²) >= 11 is 0. The lowest BCUT2D eigenvalue weighted by molar-refractivity contribution is -0.149. The highest BCUT2D eigenvalue weighted by Gasteiger charge is 2.38. The minimum atomic E-state index is -4.85. The molecule has 1 heterocycles. The molecule has 0 radical (unpaired) electrons. The molecular formula is C19H36N7O9P. The third-order valence-electron chi connectivity index (χ3n) is 5.39. The van der Waals surface area contributed by atoms with Crippen LogP contribution in [0.4, 0.5) is 0 Å². The van der Waals surface area contributed by atoms with Gasteiger partial charge in [0.05, 0.1) is 6.61 Å². The third-order valence-corrected chi connectivity index (χ3v) is 5.87. The van der Waals surface area contributed by atoms with Crippen molar-refractivity contribution < 1.29 is 43.2 Å². The number of nitrogens with zero attached hydrogens (tertiary/aromatic N) is 2. The second-order valence-electron chi connectivity index (χ2n) is 8.66.